The van der Waals surface area contributed by atoms with E-state index in [1.807, 2.05) is 6.07 Å². The number of anilines is 1. The van der Waals surface area contributed by atoms with Crippen molar-refractivity contribution < 1.29 is 14.0 Å². The van der Waals surface area contributed by atoms with Crippen molar-refractivity contribution in [1.29, 1.82) is 5.26 Å². The molecule has 7 nitrogen and oxygen atoms in total. The van der Waals surface area contributed by atoms with Gasteiger partial charge in [0.05, 0.1) is 11.6 Å². The van der Waals surface area contributed by atoms with E-state index in [-0.39, 0.29) is 17.6 Å². The minimum atomic E-state index is -0.414. The van der Waals surface area contributed by atoms with Gasteiger partial charge in [0, 0.05) is 36.8 Å². The second-order valence-corrected chi connectivity index (χ2v) is 6.99. The molecule has 0 aliphatic carbocycles. The Kier molecular flexibility index (Phi) is 7.36. The third kappa shape index (κ3) is 5.69. The number of carbonyl (C=O) groups excluding carboxylic acids is 2. The van der Waals surface area contributed by atoms with Crippen molar-refractivity contribution in [2.75, 3.05) is 18.4 Å². The summed E-state index contributed by atoms with van der Waals surface area (Å²) in [7, 11) is 0. The summed E-state index contributed by atoms with van der Waals surface area (Å²) in [5.41, 5.74) is 0.730. The van der Waals surface area contributed by atoms with Crippen molar-refractivity contribution in [3.63, 3.8) is 0 Å². The molecule has 0 aliphatic heterocycles. The zero-order valence-corrected chi connectivity index (χ0v) is 16.7. The van der Waals surface area contributed by atoms with Crippen LogP contribution in [-0.4, -0.2) is 41.9 Å². The maximum atomic E-state index is 12.2. The quantitative estimate of drug-likeness (QED) is 0.730. The molecule has 0 saturated heterocycles. The zero-order chi connectivity index (χ0) is 20.7. The van der Waals surface area contributed by atoms with Crippen LogP contribution >= 0.6 is 0 Å². The largest absolute Gasteiger partial charge is 0.435 e. The van der Waals surface area contributed by atoms with E-state index in [9.17, 15) is 9.59 Å². The van der Waals surface area contributed by atoms with Gasteiger partial charge < -0.3 is 9.73 Å². The average Bonchev–Trinajstić information content (AvgIpc) is 3.13. The van der Waals surface area contributed by atoms with Crippen molar-refractivity contribution in [1.82, 2.24) is 10.2 Å². The summed E-state index contributed by atoms with van der Waals surface area (Å²) < 4.78 is 5.42. The van der Waals surface area contributed by atoms with Gasteiger partial charge in [-0.05, 0) is 52.0 Å². The van der Waals surface area contributed by atoms with Gasteiger partial charge in [-0.25, -0.2) is 0 Å². The molecule has 2 aromatic rings. The van der Waals surface area contributed by atoms with Crippen LogP contribution in [0.2, 0.25) is 0 Å². The highest BCUT2D eigenvalue weighted by molar-refractivity contribution is 6.04. The smallest absolute Gasteiger partial charge is 0.287 e. The fourth-order valence-corrected chi connectivity index (χ4v) is 2.94. The van der Waals surface area contributed by atoms with E-state index in [1.165, 1.54) is 18.2 Å². The highest BCUT2D eigenvalue weighted by Gasteiger charge is 2.16. The number of nitriles is 1. The van der Waals surface area contributed by atoms with Gasteiger partial charge in [0.1, 0.15) is 0 Å². The first-order valence-electron chi connectivity index (χ1n) is 9.27. The van der Waals surface area contributed by atoms with E-state index in [4.69, 9.17) is 9.68 Å². The summed E-state index contributed by atoms with van der Waals surface area (Å²) in [6.07, 6.45) is 0. The number of nitrogens with zero attached hydrogens (tertiary/aromatic N) is 2. The van der Waals surface area contributed by atoms with Crippen molar-refractivity contribution in [2.45, 2.75) is 39.8 Å². The molecule has 0 aliphatic rings. The molecule has 0 saturated carbocycles. The lowest BCUT2D eigenvalue weighted by Crippen LogP contribution is -2.42. The fourth-order valence-electron chi connectivity index (χ4n) is 2.94. The number of hydrogen-bond donors (Lipinski definition) is 2. The van der Waals surface area contributed by atoms with E-state index in [0.29, 0.717) is 29.8 Å². The number of hydrogen-bond acceptors (Lipinski definition) is 5. The van der Waals surface area contributed by atoms with Crippen LogP contribution in [-0.2, 0) is 0 Å². The van der Waals surface area contributed by atoms with Gasteiger partial charge in [0.25, 0.3) is 11.8 Å². The molecule has 2 rings (SSSR count). The zero-order valence-electron chi connectivity index (χ0n) is 16.7. The van der Waals surface area contributed by atoms with E-state index >= 15 is 0 Å². The summed E-state index contributed by atoms with van der Waals surface area (Å²) in [5, 5.41) is 14.3. The van der Waals surface area contributed by atoms with Crippen molar-refractivity contribution in [3.05, 3.63) is 53.3 Å². The number of benzene rings is 1. The maximum Gasteiger partial charge on any atom is 0.287 e. The third-order valence-electron chi connectivity index (χ3n) is 4.30. The molecule has 1 aromatic heterocycles. The summed E-state index contributed by atoms with van der Waals surface area (Å²) in [6.45, 7) is 9.72. The molecule has 0 fully saturated rings. The molecule has 0 unspecified atom stereocenters. The van der Waals surface area contributed by atoms with Gasteiger partial charge in [0.2, 0.25) is 5.88 Å². The molecule has 148 valence electrons. The van der Waals surface area contributed by atoms with Crippen LogP contribution in [0.3, 0.4) is 0 Å². The molecule has 0 bridgehead atoms. The van der Waals surface area contributed by atoms with Crippen LogP contribution in [0.5, 0.6) is 0 Å². The van der Waals surface area contributed by atoms with E-state index in [0.717, 1.165) is 6.54 Å². The van der Waals surface area contributed by atoms with Gasteiger partial charge in [-0.1, -0.05) is 6.07 Å². The fraction of sp³-hybridized carbons (Fsp3) is 0.381. The third-order valence-corrected chi connectivity index (χ3v) is 4.30. The van der Waals surface area contributed by atoms with Crippen LogP contribution in [0.4, 0.5) is 5.88 Å². The monoisotopic (exact) mass is 382 g/mol. The Labute approximate surface area is 165 Å². The summed E-state index contributed by atoms with van der Waals surface area (Å²) >= 11 is 0. The van der Waals surface area contributed by atoms with E-state index < -0.39 is 5.91 Å². The van der Waals surface area contributed by atoms with Crippen molar-refractivity contribution >= 4 is 17.7 Å². The van der Waals surface area contributed by atoms with Crippen LogP contribution in [0.25, 0.3) is 0 Å². The summed E-state index contributed by atoms with van der Waals surface area (Å²) in [5.74, 6) is -0.451. The first-order valence-corrected chi connectivity index (χ1v) is 9.27. The lowest BCUT2D eigenvalue weighted by Gasteiger charge is -2.30. The van der Waals surface area contributed by atoms with Crippen LogP contribution in [0.1, 0.15) is 54.2 Å². The van der Waals surface area contributed by atoms with Crippen molar-refractivity contribution in [3.8, 4) is 6.07 Å². The average molecular weight is 382 g/mol. The molecule has 1 aromatic carbocycles. The number of furan rings is 1. The molecule has 2 amide bonds. The number of amides is 2. The van der Waals surface area contributed by atoms with E-state index in [1.54, 1.807) is 18.2 Å². The standard InChI is InChI=1S/C21H26N4O3/c1-14(2)25(15(3)4)11-10-23-21(27)18-8-9-19(28-18)24-20(26)17-7-5-6-16(12-17)13-22/h5-9,12,14-15H,10-11H2,1-4H3,(H,23,27)(H,24,26). The normalized spacial score (nSPS) is 10.9. The predicted octanol–water partition coefficient (Wildman–Crippen LogP) is 3.25. The van der Waals surface area contributed by atoms with Crippen molar-refractivity contribution in [2.24, 2.45) is 0 Å². The van der Waals surface area contributed by atoms with Gasteiger partial charge in [-0.2, -0.15) is 5.26 Å². The Balaban J connectivity index is 1.91. The van der Waals surface area contributed by atoms with Gasteiger partial charge in [0.15, 0.2) is 5.76 Å². The number of rotatable bonds is 8. The second kappa shape index (κ2) is 9.72. The van der Waals surface area contributed by atoms with Gasteiger partial charge in [-0.15, -0.1) is 0 Å². The Morgan fingerprint density at radius 2 is 1.82 bits per heavy atom. The van der Waals surface area contributed by atoms with E-state index in [2.05, 4.69) is 43.2 Å². The highest BCUT2D eigenvalue weighted by atomic mass is 16.4. The molecule has 0 radical (unpaired) electrons. The molecule has 2 N–H and O–H groups in total. The molecule has 0 spiro atoms. The van der Waals surface area contributed by atoms with Gasteiger partial charge >= 0.3 is 0 Å². The Bertz CT molecular complexity index is 857. The first-order chi connectivity index (χ1) is 13.3. The Morgan fingerprint density at radius 3 is 2.46 bits per heavy atom. The second-order valence-electron chi connectivity index (χ2n) is 6.99. The number of carbonyl (C=O) groups is 2. The Hall–Kier alpha value is -3.11. The Morgan fingerprint density at radius 1 is 1.11 bits per heavy atom. The minimum absolute atomic E-state index is 0.127. The van der Waals surface area contributed by atoms with Crippen LogP contribution in [0, 0.1) is 11.3 Å². The first kappa shape index (κ1) is 21.2. The predicted molar refractivity (Wildman–Crippen MR) is 107 cm³/mol. The van der Waals surface area contributed by atoms with Crippen LogP contribution in [0.15, 0.2) is 40.8 Å². The molecule has 7 heteroatoms. The molecular formula is C21H26N4O3. The highest BCUT2D eigenvalue weighted by Crippen LogP contribution is 2.15. The summed E-state index contributed by atoms with van der Waals surface area (Å²) in [6, 6.07) is 12.1. The molecule has 28 heavy (non-hydrogen) atoms. The van der Waals surface area contributed by atoms with Gasteiger partial charge in [-0.3, -0.25) is 19.8 Å². The maximum absolute atomic E-state index is 12.2. The lowest BCUT2D eigenvalue weighted by atomic mass is 10.1. The topological polar surface area (TPSA) is 98.4 Å². The lowest BCUT2D eigenvalue weighted by molar-refractivity contribution is 0.0910. The minimum Gasteiger partial charge on any atom is -0.435 e. The SMILES string of the molecule is CC(C)N(CCNC(=O)c1ccc(NC(=O)c2cccc(C#N)c2)o1)C(C)C. The summed E-state index contributed by atoms with van der Waals surface area (Å²) in [4.78, 5) is 26.8. The number of nitrogens with one attached hydrogen (secondary N) is 2. The molecule has 0 atom stereocenters. The van der Waals surface area contributed by atoms with Crippen LogP contribution < -0.4 is 10.6 Å². The molecular weight excluding hydrogens is 356 g/mol. The molecule has 1 heterocycles.